The first-order valence-electron chi connectivity index (χ1n) is 7.46. The highest BCUT2D eigenvalue weighted by Gasteiger charge is 2.25. The predicted octanol–water partition coefficient (Wildman–Crippen LogP) is 1.73. The number of nitrogens with zero attached hydrogens (tertiary/aromatic N) is 1. The number of aromatic amines is 1. The molecular weight excluding hydrogens is 266 g/mol. The summed E-state index contributed by atoms with van der Waals surface area (Å²) in [5, 5.41) is 13.3. The van der Waals surface area contributed by atoms with Crippen LogP contribution < -0.4 is 5.32 Å². The molecule has 2 heterocycles. The average molecular weight is 287 g/mol. The number of carbonyl (C=O) groups is 1. The predicted molar refractivity (Wildman–Crippen MR) is 82.2 cm³/mol. The number of aromatic nitrogens is 1. The topological polar surface area (TPSA) is 68.4 Å². The molecule has 21 heavy (non-hydrogen) atoms. The number of likely N-dealkylation sites (tertiary alicyclic amines) is 1. The summed E-state index contributed by atoms with van der Waals surface area (Å²) in [6.07, 6.45) is 3.72. The first-order chi connectivity index (χ1) is 10.3. The molecule has 0 radical (unpaired) electrons. The molecule has 1 aliphatic rings. The standard InChI is InChI=1S/C16H21N3O2/c20-11-12-6-8-19(10-12)16(21)17-7-5-13-9-18-15-4-2-1-3-14(13)15/h1-4,9,12,18,20H,5-8,10-11H2,(H,17,21). The quantitative estimate of drug-likeness (QED) is 0.801. The lowest BCUT2D eigenvalue weighted by Crippen LogP contribution is -2.39. The van der Waals surface area contributed by atoms with Crippen LogP contribution in [0.3, 0.4) is 0 Å². The van der Waals surface area contributed by atoms with E-state index in [1.807, 2.05) is 18.3 Å². The number of aliphatic hydroxyl groups is 1. The summed E-state index contributed by atoms with van der Waals surface area (Å²) in [4.78, 5) is 17.1. The lowest BCUT2D eigenvalue weighted by atomic mass is 10.1. The number of hydrogen-bond acceptors (Lipinski definition) is 2. The van der Waals surface area contributed by atoms with Gasteiger partial charge in [-0.3, -0.25) is 0 Å². The molecule has 112 valence electrons. The van der Waals surface area contributed by atoms with Gasteiger partial charge in [-0.15, -0.1) is 0 Å². The number of hydrogen-bond donors (Lipinski definition) is 3. The normalized spacial score (nSPS) is 18.3. The number of aliphatic hydroxyl groups excluding tert-OH is 1. The van der Waals surface area contributed by atoms with Crippen LogP contribution in [0.5, 0.6) is 0 Å². The van der Waals surface area contributed by atoms with Crippen molar-refractivity contribution in [3.8, 4) is 0 Å². The molecule has 0 bridgehead atoms. The maximum absolute atomic E-state index is 12.0. The molecule has 2 aromatic rings. The largest absolute Gasteiger partial charge is 0.396 e. The third kappa shape index (κ3) is 3.03. The monoisotopic (exact) mass is 287 g/mol. The minimum Gasteiger partial charge on any atom is -0.396 e. The molecule has 2 amide bonds. The molecule has 1 unspecified atom stereocenters. The summed E-state index contributed by atoms with van der Waals surface area (Å²) in [7, 11) is 0. The Morgan fingerprint density at radius 3 is 3.10 bits per heavy atom. The van der Waals surface area contributed by atoms with Gasteiger partial charge in [0.25, 0.3) is 0 Å². The van der Waals surface area contributed by atoms with E-state index in [2.05, 4.69) is 22.4 Å². The number of amides is 2. The maximum Gasteiger partial charge on any atom is 0.317 e. The number of para-hydroxylation sites is 1. The highest BCUT2D eigenvalue weighted by molar-refractivity contribution is 5.83. The van der Waals surface area contributed by atoms with E-state index >= 15 is 0 Å². The molecule has 1 atom stereocenters. The summed E-state index contributed by atoms with van der Waals surface area (Å²) in [5.41, 5.74) is 2.35. The van der Waals surface area contributed by atoms with Gasteiger partial charge in [0.2, 0.25) is 0 Å². The zero-order valence-corrected chi connectivity index (χ0v) is 12.0. The Bertz CT molecular complexity index is 623. The summed E-state index contributed by atoms with van der Waals surface area (Å²) >= 11 is 0. The minimum atomic E-state index is -0.0224. The van der Waals surface area contributed by atoms with Crippen LogP contribution in [0.1, 0.15) is 12.0 Å². The van der Waals surface area contributed by atoms with Crippen LogP contribution in [0.4, 0.5) is 4.79 Å². The van der Waals surface area contributed by atoms with Crippen LogP contribution in [0.2, 0.25) is 0 Å². The summed E-state index contributed by atoms with van der Waals surface area (Å²) in [6.45, 7) is 2.19. The molecule has 1 aliphatic heterocycles. The van der Waals surface area contributed by atoms with Crippen molar-refractivity contribution in [2.24, 2.45) is 5.92 Å². The van der Waals surface area contributed by atoms with Gasteiger partial charge in [-0.1, -0.05) is 18.2 Å². The second-order valence-corrected chi connectivity index (χ2v) is 5.62. The Hall–Kier alpha value is -2.01. The van der Waals surface area contributed by atoms with E-state index in [-0.39, 0.29) is 18.6 Å². The molecule has 5 nitrogen and oxygen atoms in total. The molecule has 1 aromatic heterocycles. The van der Waals surface area contributed by atoms with E-state index in [0.717, 1.165) is 24.9 Å². The van der Waals surface area contributed by atoms with Crippen molar-refractivity contribution in [1.82, 2.24) is 15.2 Å². The van der Waals surface area contributed by atoms with Gasteiger partial charge in [-0.2, -0.15) is 0 Å². The van der Waals surface area contributed by atoms with Gasteiger partial charge < -0.3 is 20.3 Å². The van der Waals surface area contributed by atoms with E-state index in [9.17, 15) is 4.79 Å². The minimum absolute atomic E-state index is 0.0224. The van der Waals surface area contributed by atoms with Gasteiger partial charge in [0.05, 0.1) is 0 Å². The Kier molecular flexibility index (Phi) is 4.10. The Labute approximate surface area is 124 Å². The number of benzene rings is 1. The van der Waals surface area contributed by atoms with Crippen LogP contribution >= 0.6 is 0 Å². The highest BCUT2D eigenvalue weighted by atomic mass is 16.3. The number of fused-ring (bicyclic) bond motifs is 1. The number of nitrogens with one attached hydrogen (secondary N) is 2. The third-order valence-corrected chi connectivity index (χ3v) is 4.18. The zero-order valence-electron chi connectivity index (χ0n) is 12.0. The molecule has 1 fully saturated rings. The fourth-order valence-corrected chi connectivity index (χ4v) is 2.92. The van der Waals surface area contributed by atoms with Gasteiger partial charge in [0.1, 0.15) is 0 Å². The van der Waals surface area contributed by atoms with Gasteiger partial charge in [-0.05, 0) is 24.5 Å². The first-order valence-corrected chi connectivity index (χ1v) is 7.46. The second kappa shape index (κ2) is 6.18. The Morgan fingerprint density at radius 1 is 1.43 bits per heavy atom. The fraction of sp³-hybridized carbons (Fsp3) is 0.438. The van der Waals surface area contributed by atoms with Crippen molar-refractivity contribution in [3.05, 3.63) is 36.0 Å². The van der Waals surface area contributed by atoms with Gasteiger partial charge in [-0.25, -0.2) is 4.79 Å². The van der Waals surface area contributed by atoms with Crippen molar-refractivity contribution < 1.29 is 9.90 Å². The van der Waals surface area contributed by atoms with Gasteiger partial charge in [0, 0.05) is 49.3 Å². The average Bonchev–Trinajstić information content (AvgIpc) is 3.14. The second-order valence-electron chi connectivity index (χ2n) is 5.62. The van der Waals surface area contributed by atoms with Crippen molar-refractivity contribution in [1.29, 1.82) is 0 Å². The van der Waals surface area contributed by atoms with Crippen LogP contribution in [0, 0.1) is 5.92 Å². The SMILES string of the molecule is O=C(NCCc1c[nH]c2ccccc12)N1CCC(CO)C1. The summed E-state index contributed by atoms with van der Waals surface area (Å²) < 4.78 is 0. The number of carbonyl (C=O) groups excluding carboxylic acids is 1. The third-order valence-electron chi connectivity index (χ3n) is 4.18. The van der Waals surface area contributed by atoms with E-state index in [0.29, 0.717) is 13.1 Å². The molecule has 0 saturated carbocycles. The first kappa shape index (κ1) is 13.9. The van der Waals surface area contributed by atoms with E-state index < -0.39 is 0 Å². The van der Waals surface area contributed by atoms with Crippen molar-refractivity contribution in [3.63, 3.8) is 0 Å². The summed E-state index contributed by atoms with van der Waals surface area (Å²) in [6, 6.07) is 8.16. The number of rotatable bonds is 4. The number of H-pyrrole nitrogens is 1. The number of urea groups is 1. The van der Waals surface area contributed by atoms with Gasteiger partial charge >= 0.3 is 6.03 Å². The van der Waals surface area contributed by atoms with Crippen molar-refractivity contribution >= 4 is 16.9 Å². The van der Waals surface area contributed by atoms with E-state index in [1.165, 1.54) is 10.9 Å². The lowest BCUT2D eigenvalue weighted by Gasteiger charge is -2.16. The molecule has 1 aromatic carbocycles. The van der Waals surface area contributed by atoms with Gasteiger partial charge in [0.15, 0.2) is 0 Å². The van der Waals surface area contributed by atoms with E-state index in [4.69, 9.17) is 5.11 Å². The Morgan fingerprint density at radius 2 is 2.29 bits per heavy atom. The van der Waals surface area contributed by atoms with Crippen LogP contribution in [-0.4, -0.2) is 47.3 Å². The molecule has 3 rings (SSSR count). The molecule has 0 spiro atoms. The van der Waals surface area contributed by atoms with Crippen LogP contribution in [0.25, 0.3) is 10.9 Å². The zero-order chi connectivity index (χ0) is 14.7. The molecular formula is C16H21N3O2. The van der Waals surface area contributed by atoms with Crippen molar-refractivity contribution in [2.45, 2.75) is 12.8 Å². The smallest absolute Gasteiger partial charge is 0.317 e. The van der Waals surface area contributed by atoms with Crippen LogP contribution in [-0.2, 0) is 6.42 Å². The van der Waals surface area contributed by atoms with Crippen LogP contribution in [0.15, 0.2) is 30.5 Å². The highest BCUT2D eigenvalue weighted by Crippen LogP contribution is 2.18. The molecule has 0 aliphatic carbocycles. The maximum atomic E-state index is 12.0. The lowest BCUT2D eigenvalue weighted by molar-refractivity contribution is 0.198. The Balaban J connectivity index is 1.51. The molecule has 5 heteroatoms. The van der Waals surface area contributed by atoms with E-state index in [1.54, 1.807) is 4.90 Å². The summed E-state index contributed by atoms with van der Waals surface area (Å²) in [5.74, 6) is 0.240. The fourth-order valence-electron chi connectivity index (χ4n) is 2.92. The van der Waals surface area contributed by atoms with Crippen molar-refractivity contribution in [2.75, 3.05) is 26.2 Å². The molecule has 3 N–H and O–H groups in total. The molecule has 1 saturated heterocycles.